The number of anilines is 1. The maximum absolute atomic E-state index is 13.0. The van der Waals surface area contributed by atoms with Gasteiger partial charge in [-0.05, 0) is 43.2 Å². The van der Waals surface area contributed by atoms with Gasteiger partial charge in [-0.1, -0.05) is 54.7 Å². The van der Waals surface area contributed by atoms with Gasteiger partial charge in [-0.2, -0.15) is 10.1 Å². The minimum Gasteiger partial charge on any atom is -0.489 e. The highest BCUT2D eigenvalue weighted by Gasteiger charge is 2.34. The van der Waals surface area contributed by atoms with Crippen LogP contribution in [-0.4, -0.2) is 27.3 Å². The lowest BCUT2D eigenvalue weighted by atomic mass is 9.95. The number of benzene rings is 2. The van der Waals surface area contributed by atoms with E-state index in [9.17, 15) is 4.79 Å². The van der Waals surface area contributed by atoms with E-state index in [2.05, 4.69) is 15.4 Å². The number of nitrogens with one attached hydrogen (secondary N) is 1. The third kappa shape index (κ3) is 5.15. The van der Waals surface area contributed by atoms with Crippen LogP contribution in [0, 0.1) is 0 Å². The SMILES string of the molecule is CCCCOC(=O)C1=C(C)Nc2ncnn2C1c1cccc(OCc2ccc(Cl)cc2Cl)c1. The Hall–Kier alpha value is -3.03. The number of carbonyl (C=O) groups is 1. The number of allylic oxidation sites excluding steroid dienone is 1. The molecule has 0 spiro atoms. The van der Waals surface area contributed by atoms with Crippen LogP contribution in [0.5, 0.6) is 5.75 Å². The molecule has 7 nitrogen and oxygen atoms in total. The van der Waals surface area contributed by atoms with E-state index in [-0.39, 0.29) is 12.6 Å². The highest BCUT2D eigenvalue weighted by molar-refractivity contribution is 6.35. The van der Waals surface area contributed by atoms with Crippen molar-refractivity contribution in [1.82, 2.24) is 14.8 Å². The standard InChI is InChI=1S/C24H24Cl2N4O3/c1-3-4-10-32-23(31)21-15(2)29-24-27-14-28-30(24)22(21)16-6-5-7-19(11-16)33-13-17-8-9-18(25)12-20(17)26/h5-9,11-12,14,22H,3-4,10,13H2,1-2H3,(H,27,28,29). The van der Waals surface area contributed by atoms with Gasteiger partial charge in [0.05, 0.1) is 12.2 Å². The second-order valence-corrected chi connectivity index (χ2v) is 8.52. The molecule has 0 bridgehead atoms. The summed E-state index contributed by atoms with van der Waals surface area (Å²) in [4.78, 5) is 17.3. The maximum Gasteiger partial charge on any atom is 0.338 e. The lowest BCUT2D eigenvalue weighted by molar-refractivity contribution is -0.139. The number of rotatable bonds is 8. The van der Waals surface area contributed by atoms with Crippen LogP contribution in [-0.2, 0) is 16.1 Å². The molecule has 0 fully saturated rings. The predicted octanol–water partition coefficient (Wildman–Crippen LogP) is 5.80. The molecular weight excluding hydrogens is 463 g/mol. The number of fused-ring (bicyclic) bond motifs is 1. The molecular formula is C24H24Cl2N4O3. The number of unbranched alkanes of at least 4 members (excludes halogenated alkanes) is 1. The molecule has 172 valence electrons. The van der Waals surface area contributed by atoms with Crippen LogP contribution in [0.3, 0.4) is 0 Å². The van der Waals surface area contributed by atoms with Crippen molar-refractivity contribution in [2.75, 3.05) is 11.9 Å². The van der Waals surface area contributed by atoms with E-state index in [0.29, 0.717) is 39.6 Å². The molecule has 3 aromatic rings. The number of ether oxygens (including phenoxy) is 2. The molecule has 1 N–H and O–H groups in total. The van der Waals surface area contributed by atoms with E-state index in [1.54, 1.807) is 16.8 Å². The van der Waals surface area contributed by atoms with Gasteiger partial charge in [0.1, 0.15) is 24.7 Å². The number of aromatic nitrogens is 3. The zero-order chi connectivity index (χ0) is 23.4. The number of esters is 1. The zero-order valence-corrected chi connectivity index (χ0v) is 19.9. The summed E-state index contributed by atoms with van der Waals surface area (Å²) in [6.07, 6.45) is 3.20. The quantitative estimate of drug-likeness (QED) is 0.320. The molecule has 4 rings (SSSR count). The van der Waals surface area contributed by atoms with Crippen molar-refractivity contribution < 1.29 is 14.3 Å². The predicted molar refractivity (Wildman–Crippen MR) is 128 cm³/mol. The molecule has 1 aromatic heterocycles. The van der Waals surface area contributed by atoms with Gasteiger partial charge < -0.3 is 14.8 Å². The minimum atomic E-state index is -0.499. The van der Waals surface area contributed by atoms with E-state index in [4.69, 9.17) is 32.7 Å². The van der Waals surface area contributed by atoms with E-state index in [0.717, 1.165) is 24.0 Å². The van der Waals surface area contributed by atoms with Gasteiger partial charge >= 0.3 is 5.97 Å². The summed E-state index contributed by atoms with van der Waals surface area (Å²) in [5.41, 5.74) is 2.82. The van der Waals surface area contributed by atoms with Crippen LogP contribution in [0.4, 0.5) is 5.95 Å². The first-order valence-electron chi connectivity index (χ1n) is 10.7. The topological polar surface area (TPSA) is 78.3 Å². The first kappa shape index (κ1) is 23.1. The zero-order valence-electron chi connectivity index (χ0n) is 18.3. The van der Waals surface area contributed by atoms with Crippen LogP contribution in [0.2, 0.25) is 10.0 Å². The van der Waals surface area contributed by atoms with Crippen molar-refractivity contribution in [2.24, 2.45) is 0 Å². The Labute approximate surface area is 202 Å². The van der Waals surface area contributed by atoms with Crippen molar-refractivity contribution in [3.8, 4) is 5.75 Å². The van der Waals surface area contributed by atoms with Crippen LogP contribution in [0.25, 0.3) is 0 Å². The minimum absolute atomic E-state index is 0.279. The molecule has 1 atom stereocenters. The molecule has 0 saturated carbocycles. The summed E-state index contributed by atoms with van der Waals surface area (Å²) >= 11 is 12.2. The van der Waals surface area contributed by atoms with Gasteiger partial charge in [-0.3, -0.25) is 0 Å². The van der Waals surface area contributed by atoms with Crippen molar-refractivity contribution in [1.29, 1.82) is 0 Å². The third-order valence-electron chi connectivity index (χ3n) is 5.33. The average molecular weight is 487 g/mol. The fraction of sp³-hybridized carbons (Fsp3) is 0.292. The summed E-state index contributed by atoms with van der Waals surface area (Å²) < 4.78 is 13.2. The molecule has 1 aliphatic rings. The van der Waals surface area contributed by atoms with Crippen LogP contribution in [0.15, 0.2) is 60.1 Å². The van der Waals surface area contributed by atoms with Crippen LogP contribution >= 0.6 is 23.2 Å². The van der Waals surface area contributed by atoms with Crippen molar-refractivity contribution >= 4 is 35.1 Å². The molecule has 33 heavy (non-hydrogen) atoms. The normalized spacial score (nSPS) is 15.1. The Kier molecular flexibility index (Phi) is 7.20. The molecule has 2 heterocycles. The van der Waals surface area contributed by atoms with E-state index >= 15 is 0 Å². The molecule has 2 aromatic carbocycles. The van der Waals surface area contributed by atoms with Gasteiger partial charge in [-0.25, -0.2) is 9.48 Å². The molecule has 9 heteroatoms. The summed E-state index contributed by atoms with van der Waals surface area (Å²) in [6.45, 7) is 4.54. The highest BCUT2D eigenvalue weighted by atomic mass is 35.5. The number of hydrogen-bond donors (Lipinski definition) is 1. The van der Waals surface area contributed by atoms with Gasteiger partial charge in [-0.15, -0.1) is 0 Å². The number of carbonyl (C=O) groups excluding carboxylic acids is 1. The summed E-state index contributed by atoms with van der Waals surface area (Å²) in [7, 11) is 0. The van der Waals surface area contributed by atoms with Gasteiger partial charge in [0.25, 0.3) is 0 Å². The summed E-state index contributed by atoms with van der Waals surface area (Å²) in [5, 5.41) is 8.61. The Morgan fingerprint density at radius 2 is 2.06 bits per heavy atom. The first-order valence-corrected chi connectivity index (χ1v) is 11.4. The lowest BCUT2D eigenvalue weighted by Crippen LogP contribution is -2.29. The molecule has 0 amide bonds. The fourth-order valence-corrected chi connectivity index (χ4v) is 4.09. The number of nitrogens with zero attached hydrogens (tertiary/aromatic N) is 3. The number of hydrogen-bond acceptors (Lipinski definition) is 6. The van der Waals surface area contributed by atoms with Gasteiger partial charge in [0.15, 0.2) is 0 Å². The van der Waals surface area contributed by atoms with Crippen molar-refractivity contribution in [3.05, 3.63) is 81.2 Å². The van der Waals surface area contributed by atoms with Crippen LogP contribution in [0.1, 0.15) is 43.9 Å². The van der Waals surface area contributed by atoms with Crippen LogP contribution < -0.4 is 10.1 Å². The van der Waals surface area contributed by atoms with E-state index in [1.165, 1.54) is 6.33 Å². The van der Waals surface area contributed by atoms with Crippen molar-refractivity contribution in [3.63, 3.8) is 0 Å². The number of halogens is 2. The molecule has 0 radical (unpaired) electrons. The summed E-state index contributed by atoms with van der Waals surface area (Å²) in [5.74, 6) is 0.816. The Bertz CT molecular complexity index is 1190. The second-order valence-electron chi connectivity index (χ2n) is 7.68. The smallest absolute Gasteiger partial charge is 0.338 e. The molecule has 1 aliphatic heterocycles. The van der Waals surface area contributed by atoms with E-state index in [1.807, 2.05) is 44.2 Å². The molecule has 0 aliphatic carbocycles. The first-order chi connectivity index (χ1) is 16.0. The Balaban J connectivity index is 1.62. The Morgan fingerprint density at radius 3 is 2.85 bits per heavy atom. The molecule has 0 saturated heterocycles. The maximum atomic E-state index is 13.0. The fourth-order valence-electron chi connectivity index (χ4n) is 3.62. The highest BCUT2D eigenvalue weighted by Crippen LogP contribution is 2.36. The summed E-state index contributed by atoms with van der Waals surface area (Å²) in [6, 6.07) is 12.3. The van der Waals surface area contributed by atoms with Crippen molar-refractivity contribution in [2.45, 2.75) is 39.3 Å². The Morgan fingerprint density at radius 1 is 1.21 bits per heavy atom. The van der Waals surface area contributed by atoms with E-state index < -0.39 is 6.04 Å². The largest absolute Gasteiger partial charge is 0.489 e. The monoisotopic (exact) mass is 486 g/mol. The average Bonchev–Trinajstić information content (AvgIpc) is 3.26. The molecule has 1 unspecified atom stereocenters. The second kappa shape index (κ2) is 10.3. The lowest BCUT2D eigenvalue weighted by Gasteiger charge is -2.28. The van der Waals surface area contributed by atoms with Gasteiger partial charge in [0.2, 0.25) is 5.95 Å². The van der Waals surface area contributed by atoms with Gasteiger partial charge in [0, 0.05) is 21.3 Å². The third-order valence-corrected chi connectivity index (χ3v) is 5.92.